The lowest BCUT2D eigenvalue weighted by atomic mass is 10.2. The van der Waals surface area contributed by atoms with E-state index in [9.17, 15) is 4.79 Å². The first kappa shape index (κ1) is 18.9. The molecule has 22 heavy (non-hydrogen) atoms. The third kappa shape index (κ3) is 5.95. The number of esters is 1. The van der Waals surface area contributed by atoms with Gasteiger partial charge in [0.15, 0.2) is 0 Å². The van der Waals surface area contributed by atoms with Crippen molar-refractivity contribution in [3.8, 4) is 0 Å². The van der Waals surface area contributed by atoms with Crippen LogP contribution in [-0.4, -0.2) is 21.1 Å². The van der Waals surface area contributed by atoms with Crippen molar-refractivity contribution < 1.29 is 9.53 Å². The molecule has 0 amide bonds. The molecule has 5 nitrogen and oxygen atoms in total. The van der Waals surface area contributed by atoms with Gasteiger partial charge in [-0.25, -0.2) is 0 Å². The van der Waals surface area contributed by atoms with E-state index in [1.54, 1.807) is 0 Å². The van der Waals surface area contributed by atoms with Gasteiger partial charge in [0.1, 0.15) is 9.30 Å². The lowest BCUT2D eigenvalue weighted by molar-refractivity contribution is -0.154. The predicted molar refractivity (Wildman–Crippen MR) is 94.9 cm³/mol. The molecule has 0 aliphatic rings. The third-order valence-electron chi connectivity index (χ3n) is 3.01. The molecule has 0 aliphatic heterocycles. The molecule has 1 aromatic heterocycles. The molecule has 0 aromatic carbocycles. The number of nitrogens with zero attached hydrogens (tertiary/aromatic N) is 3. The van der Waals surface area contributed by atoms with Gasteiger partial charge >= 0.3 is 11.8 Å². The van der Waals surface area contributed by atoms with Crippen LogP contribution in [-0.2, 0) is 22.5 Å². The molecule has 1 aromatic rings. The third-order valence-corrected chi connectivity index (χ3v) is 4.08. The van der Waals surface area contributed by atoms with E-state index in [0.29, 0.717) is 25.2 Å². The van der Waals surface area contributed by atoms with Gasteiger partial charge in [-0.2, -0.15) is 0 Å². The summed E-state index contributed by atoms with van der Waals surface area (Å²) in [7, 11) is 0. The summed E-state index contributed by atoms with van der Waals surface area (Å²) < 4.78 is 8.24. The monoisotopic (exact) mass is 417 g/mol. The number of carbonyl (C=O) groups is 1. The van der Waals surface area contributed by atoms with Gasteiger partial charge in [-0.1, -0.05) is 19.9 Å². The standard InChI is InChI=1S/C16H24IN3O2/c1-6-7-9-12-19-15(18-5)14(17)20(12)11-8-10-13(21)22-16(2,3)4/h6-11H2,1-4H3. The molecule has 122 valence electrons. The van der Waals surface area contributed by atoms with Crippen LogP contribution < -0.4 is 0 Å². The highest BCUT2D eigenvalue weighted by atomic mass is 127. The van der Waals surface area contributed by atoms with Crippen molar-refractivity contribution in [3.05, 3.63) is 20.9 Å². The van der Waals surface area contributed by atoms with Crippen LogP contribution in [0.2, 0.25) is 0 Å². The summed E-state index contributed by atoms with van der Waals surface area (Å²) in [6.07, 6.45) is 4.09. The Morgan fingerprint density at radius 2 is 2.09 bits per heavy atom. The lowest BCUT2D eigenvalue weighted by Gasteiger charge is -2.19. The number of hydrogen-bond donors (Lipinski definition) is 0. The van der Waals surface area contributed by atoms with E-state index in [4.69, 9.17) is 11.3 Å². The number of aryl methyl sites for hydroxylation is 1. The molecule has 0 spiro atoms. The molecule has 0 atom stereocenters. The number of imidazole rings is 1. The van der Waals surface area contributed by atoms with Gasteiger partial charge in [0, 0.05) is 19.4 Å². The van der Waals surface area contributed by atoms with Gasteiger partial charge in [-0.3, -0.25) is 4.79 Å². The molecule has 0 unspecified atom stereocenters. The van der Waals surface area contributed by atoms with Crippen LogP contribution in [0.15, 0.2) is 0 Å². The van der Waals surface area contributed by atoms with E-state index in [2.05, 4.69) is 43.9 Å². The van der Waals surface area contributed by atoms with Gasteiger partial charge in [0.25, 0.3) is 0 Å². The maximum Gasteiger partial charge on any atom is 0.306 e. The van der Waals surface area contributed by atoms with Crippen molar-refractivity contribution in [2.45, 2.75) is 71.9 Å². The van der Waals surface area contributed by atoms with E-state index in [0.717, 1.165) is 28.8 Å². The number of hydrogen-bond acceptors (Lipinski definition) is 3. The van der Waals surface area contributed by atoms with E-state index < -0.39 is 5.60 Å². The smallest absolute Gasteiger partial charge is 0.306 e. The Morgan fingerprint density at radius 1 is 1.41 bits per heavy atom. The maximum absolute atomic E-state index is 11.8. The molecular formula is C16H24IN3O2. The predicted octanol–water partition coefficient (Wildman–Crippen LogP) is 4.50. The zero-order chi connectivity index (χ0) is 16.8. The number of unbranched alkanes of at least 4 members (excludes halogenated alkanes) is 1. The second kappa shape index (κ2) is 8.51. The van der Waals surface area contributed by atoms with Crippen molar-refractivity contribution >= 4 is 34.4 Å². The van der Waals surface area contributed by atoms with E-state index in [-0.39, 0.29) is 5.97 Å². The second-order valence-electron chi connectivity index (χ2n) is 6.20. The van der Waals surface area contributed by atoms with Gasteiger partial charge in [0.2, 0.25) is 5.82 Å². The fourth-order valence-corrected chi connectivity index (χ4v) is 2.82. The Balaban J connectivity index is 2.66. The minimum absolute atomic E-state index is 0.178. The first-order valence-corrected chi connectivity index (χ1v) is 8.70. The van der Waals surface area contributed by atoms with Crippen molar-refractivity contribution in [1.82, 2.24) is 9.55 Å². The Bertz CT molecular complexity index is 553. The SMILES string of the molecule is [C-]#[N+]c1nc(CCCC)n(CCCC(=O)OC(C)(C)C)c1I. The highest BCUT2D eigenvalue weighted by Crippen LogP contribution is 2.24. The summed E-state index contributed by atoms with van der Waals surface area (Å²) >= 11 is 2.16. The Labute approximate surface area is 146 Å². The summed E-state index contributed by atoms with van der Waals surface area (Å²) in [5, 5.41) is 0. The Hall–Kier alpha value is -1.10. The van der Waals surface area contributed by atoms with Gasteiger partial charge in [-0.05, 0) is 56.2 Å². The first-order chi connectivity index (χ1) is 10.3. The number of rotatable bonds is 7. The van der Waals surface area contributed by atoms with E-state index in [1.807, 2.05) is 20.8 Å². The molecular weight excluding hydrogens is 393 g/mol. The highest BCUT2D eigenvalue weighted by Gasteiger charge is 2.19. The van der Waals surface area contributed by atoms with Crippen molar-refractivity contribution in [1.29, 1.82) is 0 Å². The minimum Gasteiger partial charge on any atom is -0.460 e. The summed E-state index contributed by atoms with van der Waals surface area (Å²) in [4.78, 5) is 19.6. The summed E-state index contributed by atoms with van der Waals surface area (Å²) in [6.45, 7) is 15.6. The van der Waals surface area contributed by atoms with Crippen LogP contribution in [0.5, 0.6) is 0 Å². The number of ether oxygens (including phenoxy) is 1. The fourth-order valence-electron chi connectivity index (χ4n) is 2.06. The molecule has 0 bridgehead atoms. The zero-order valence-electron chi connectivity index (χ0n) is 13.8. The quantitative estimate of drug-likeness (QED) is 0.373. The molecule has 0 radical (unpaired) electrons. The van der Waals surface area contributed by atoms with Crippen LogP contribution in [0.1, 0.15) is 59.2 Å². The van der Waals surface area contributed by atoms with Crippen molar-refractivity contribution in [2.24, 2.45) is 0 Å². The second-order valence-corrected chi connectivity index (χ2v) is 7.22. The first-order valence-electron chi connectivity index (χ1n) is 7.62. The minimum atomic E-state index is -0.440. The van der Waals surface area contributed by atoms with Crippen molar-refractivity contribution in [2.75, 3.05) is 0 Å². The van der Waals surface area contributed by atoms with Crippen molar-refractivity contribution in [3.63, 3.8) is 0 Å². The number of halogens is 1. The fraction of sp³-hybridized carbons (Fsp3) is 0.688. The Morgan fingerprint density at radius 3 is 2.64 bits per heavy atom. The van der Waals surface area contributed by atoms with Crippen LogP contribution in [0.4, 0.5) is 5.82 Å². The zero-order valence-corrected chi connectivity index (χ0v) is 15.9. The van der Waals surface area contributed by atoms with Gasteiger partial charge < -0.3 is 14.1 Å². The normalized spacial score (nSPS) is 11.3. The van der Waals surface area contributed by atoms with Gasteiger partial charge in [0.05, 0.1) is 0 Å². The molecule has 0 saturated heterocycles. The average molecular weight is 417 g/mol. The number of carbonyl (C=O) groups excluding carboxylic acids is 1. The van der Waals surface area contributed by atoms with Crippen LogP contribution in [0.3, 0.4) is 0 Å². The Kier molecular flexibility index (Phi) is 7.33. The summed E-state index contributed by atoms with van der Waals surface area (Å²) in [5.74, 6) is 1.23. The molecule has 0 aliphatic carbocycles. The maximum atomic E-state index is 11.8. The highest BCUT2D eigenvalue weighted by molar-refractivity contribution is 14.1. The van der Waals surface area contributed by atoms with E-state index in [1.165, 1.54) is 0 Å². The van der Waals surface area contributed by atoms with E-state index >= 15 is 0 Å². The molecule has 0 N–H and O–H groups in total. The molecule has 0 fully saturated rings. The average Bonchev–Trinajstić information content (AvgIpc) is 2.71. The lowest BCUT2D eigenvalue weighted by Crippen LogP contribution is -2.24. The molecule has 1 rings (SSSR count). The van der Waals surface area contributed by atoms with Gasteiger partial charge in [-0.15, -0.1) is 4.98 Å². The topological polar surface area (TPSA) is 48.5 Å². The summed E-state index contributed by atoms with van der Waals surface area (Å²) in [6, 6.07) is 0. The largest absolute Gasteiger partial charge is 0.460 e. The number of aromatic nitrogens is 2. The van der Waals surface area contributed by atoms with Crippen LogP contribution in [0.25, 0.3) is 4.85 Å². The molecule has 1 heterocycles. The van der Waals surface area contributed by atoms with Crippen LogP contribution in [0, 0.1) is 10.3 Å². The summed E-state index contributed by atoms with van der Waals surface area (Å²) in [5.41, 5.74) is -0.440. The molecule has 6 heteroatoms. The molecule has 0 saturated carbocycles. The van der Waals surface area contributed by atoms with Crippen LogP contribution >= 0.6 is 22.6 Å².